The second-order valence-electron chi connectivity index (χ2n) is 5.45. The minimum absolute atomic E-state index is 0.447. The Bertz CT molecular complexity index is 560. The van der Waals surface area contributed by atoms with Crippen molar-refractivity contribution in [3.8, 4) is 11.8 Å². The summed E-state index contributed by atoms with van der Waals surface area (Å²) in [6.45, 7) is 6.32. The van der Waals surface area contributed by atoms with Gasteiger partial charge in [0.25, 0.3) is 5.78 Å². The van der Waals surface area contributed by atoms with Gasteiger partial charge in [0, 0.05) is 10.3 Å². The van der Waals surface area contributed by atoms with Gasteiger partial charge in [0.1, 0.15) is 0 Å². The molecule has 1 atom stereocenters. The van der Waals surface area contributed by atoms with Gasteiger partial charge in [-0.1, -0.05) is 56.7 Å². The van der Waals surface area contributed by atoms with Gasteiger partial charge >= 0.3 is 0 Å². The quantitative estimate of drug-likeness (QED) is 0.619. The lowest BCUT2D eigenvalue weighted by Crippen LogP contribution is -2.38. The average molecular weight is 292 g/mol. The van der Waals surface area contributed by atoms with E-state index in [4.69, 9.17) is 0 Å². The van der Waals surface area contributed by atoms with Crippen LogP contribution in [-0.2, 0) is 9.59 Å². The third-order valence-corrected chi connectivity index (χ3v) is 3.48. The molecule has 0 amide bonds. The fourth-order valence-corrected chi connectivity index (χ4v) is 2.07. The van der Waals surface area contributed by atoms with E-state index in [9.17, 15) is 14.0 Å². The van der Waals surface area contributed by atoms with E-state index in [0.717, 1.165) is 18.7 Å². The molecule has 0 spiro atoms. The second-order valence-corrected chi connectivity index (χ2v) is 7.25. The van der Waals surface area contributed by atoms with Gasteiger partial charge < -0.3 is 0 Å². The Morgan fingerprint density at radius 3 is 2.15 bits per heavy atom. The van der Waals surface area contributed by atoms with E-state index in [-0.39, 0.29) is 0 Å². The topological polar surface area (TPSA) is 34.1 Å². The summed E-state index contributed by atoms with van der Waals surface area (Å²) in [7, 11) is 0. The van der Waals surface area contributed by atoms with Gasteiger partial charge in [-0.3, -0.25) is 9.59 Å². The van der Waals surface area contributed by atoms with Crippen molar-refractivity contribution < 1.29 is 14.0 Å². The summed E-state index contributed by atoms with van der Waals surface area (Å²) in [6, 6.07) is 8.77. The summed E-state index contributed by atoms with van der Waals surface area (Å²) in [4.78, 5) is 23.6. The van der Waals surface area contributed by atoms with Crippen LogP contribution in [0, 0.1) is 11.8 Å². The molecule has 0 N–H and O–H groups in total. The summed E-state index contributed by atoms with van der Waals surface area (Å²) in [5, 5.41) is -0.808. The third kappa shape index (κ3) is 4.82. The number of hydrogen-bond donors (Lipinski definition) is 0. The SMILES string of the molecule is CC(C)(C)SC(=O)C(C)(F)C(=O)C#Cc1ccccc1. The van der Waals surface area contributed by atoms with Gasteiger partial charge in [-0.15, -0.1) is 0 Å². The molecule has 1 rings (SSSR count). The fraction of sp³-hybridized carbons (Fsp3) is 0.375. The number of alkyl halides is 1. The first kappa shape index (κ1) is 16.5. The Morgan fingerprint density at radius 2 is 1.65 bits per heavy atom. The smallest absolute Gasteiger partial charge is 0.251 e. The summed E-state index contributed by atoms with van der Waals surface area (Å²) in [5.74, 6) is 3.76. The van der Waals surface area contributed by atoms with Crippen molar-refractivity contribution in [1.82, 2.24) is 0 Å². The van der Waals surface area contributed by atoms with Crippen LogP contribution in [0.4, 0.5) is 4.39 Å². The molecule has 0 bridgehead atoms. The number of halogens is 1. The van der Waals surface area contributed by atoms with Crippen LogP contribution < -0.4 is 0 Å². The molecule has 1 aromatic carbocycles. The minimum atomic E-state index is -2.58. The highest BCUT2D eigenvalue weighted by molar-refractivity contribution is 8.15. The van der Waals surface area contributed by atoms with E-state index >= 15 is 0 Å². The van der Waals surface area contributed by atoms with Crippen molar-refractivity contribution in [1.29, 1.82) is 0 Å². The lowest BCUT2D eigenvalue weighted by atomic mass is 10.1. The number of ketones is 1. The van der Waals surface area contributed by atoms with Crippen LogP contribution >= 0.6 is 11.8 Å². The van der Waals surface area contributed by atoms with Crippen LogP contribution in [-0.4, -0.2) is 21.3 Å². The molecule has 0 aliphatic rings. The number of benzene rings is 1. The Hall–Kier alpha value is -1.60. The summed E-state index contributed by atoms with van der Waals surface area (Å²) >= 11 is 0.811. The summed E-state index contributed by atoms with van der Waals surface area (Å²) < 4.78 is 13.8. The van der Waals surface area contributed by atoms with Gasteiger partial charge in [-0.05, 0) is 25.0 Å². The van der Waals surface area contributed by atoms with Gasteiger partial charge in [-0.2, -0.15) is 0 Å². The van der Waals surface area contributed by atoms with Crippen LogP contribution in [0.5, 0.6) is 0 Å². The number of carbonyl (C=O) groups excluding carboxylic acids is 2. The molecule has 106 valence electrons. The van der Waals surface area contributed by atoms with Crippen LogP contribution in [0.1, 0.15) is 33.3 Å². The number of rotatable bonds is 2. The zero-order valence-electron chi connectivity index (χ0n) is 12.0. The van der Waals surface area contributed by atoms with Gasteiger partial charge in [0.15, 0.2) is 0 Å². The maximum absolute atomic E-state index is 14.3. The molecule has 1 aromatic rings. The standard InChI is InChI=1S/C16H17FO2S/c1-15(2,3)20-14(19)16(4,17)13(18)11-10-12-8-6-5-7-9-12/h5-9H,1-4H3. The Morgan fingerprint density at radius 1 is 1.10 bits per heavy atom. The van der Waals surface area contributed by atoms with E-state index in [1.54, 1.807) is 45.0 Å². The lowest BCUT2D eigenvalue weighted by molar-refractivity contribution is -0.133. The second kappa shape index (κ2) is 6.23. The fourth-order valence-electron chi connectivity index (χ4n) is 1.23. The number of carbonyl (C=O) groups is 2. The van der Waals surface area contributed by atoms with Crippen molar-refractivity contribution in [3.05, 3.63) is 35.9 Å². The maximum atomic E-state index is 14.3. The van der Waals surface area contributed by atoms with Crippen LogP contribution in [0.25, 0.3) is 0 Å². The van der Waals surface area contributed by atoms with E-state index in [1.807, 2.05) is 6.07 Å². The molecule has 0 aliphatic heterocycles. The maximum Gasteiger partial charge on any atom is 0.251 e. The predicted octanol–water partition coefficient (Wildman–Crippen LogP) is 3.39. The van der Waals surface area contributed by atoms with Crippen molar-refractivity contribution in [2.75, 3.05) is 0 Å². The monoisotopic (exact) mass is 292 g/mol. The Kier molecular flexibility index (Phi) is 5.13. The van der Waals surface area contributed by atoms with E-state index in [0.29, 0.717) is 5.56 Å². The van der Waals surface area contributed by atoms with E-state index in [1.165, 1.54) is 0 Å². The largest absolute Gasteiger partial charge is 0.283 e. The Balaban J connectivity index is 2.86. The molecule has 0 radical (unpaired) electrons. The van der Waals surface area contributed by atoms with Gasteiger partial charge in [0.05, 0.1) is 0 Å². The summed E-state index contributed by atoms with van der Waals surface area (Å²) in [6.07, 6.45) is 0. The highest BCUT2D eigenvalue weighted by Gasteiger charge is 2.42. The highest BCUT2D eigenvalue weighted by Crippen LogP contribution is 2.30. The molecule has 4 heteroatoms. The minimum Gasteiger partial charge on any atom is -0.283 e. The molecule has 0 aromatic heterocycles. The van der Waals surface area contributed by atoms with E-state index < -0.39 is 21.3 Å². The van der Waals surface area contributed by atoms with Crippen molar-refractivity contribution in [3.63, 3.8) is 0 Å². The normalized spacial score (nSPS) is 13.8. The first-order valence-electron chi connectivity index (χ1n) is 6.17. The number of Topliss-reactive ketones (excluding diaryl/α,β-unsaturated/α-hetero) is 1. The van der Waals surface area contributed by atoms with Crippen LogP contribution in [0.15, 0.2) is 30.3 Å². The molecule has 0 aliphatic carbocycles. The lowest BCUT2D eigenvalue weighted by Gasteiger charge is -2.21. The third-order valence-electron chi connectivity index (χ3n) is 2.30. The van der Waals surface area contributed by atoms with Crippen molar-refractivity contribution in [2.45, 2.75) is 38.1 Å². The average Bonchev–Trinajstić information content (AvgIpc) is 2.35. The molecule has 0 fully saturated rings. The Labute approximate surface area is 123 Å². The molecule has 1 unspecified atom stereocenters. The zero-order chi connectivity index (χ0) is 15.4. The van der Waals surface area contributed by atoms with Crippen molar-refractivity contribution in [2.24, 2.45) is 0 Å². The molecular formula is C16H17FO2S. The predicted molar refractivity (Wildman–Crippen MR) is 80.2 cm³/mol. The van der Waals surface area contributed by atoms with Crippen molar-refractivity contribution >= 4 is 22.7 Å². The zero-order valence-corrected chi connectivity index (χ0v) is 12.8. The van der Waals surface area contributed by atoms with Crippen LogP contribution in [0.2, 0.25) is 0 Å². The molecule has 20 heavy (non-hydrogen) atoms. The molecule has 2 nitrogen and oxygen atoms in total. The van der Waals surface area contributed by atoms with Crippen LogP contribution in [0.3, 0.4) is 0 Å². The molecular weight excluding hydrogens is 275 g/mol. The number of thioether (sulfide) groups is 1. The molecule has 0 heterocycles. The van der Waals surface area contributed by atoms with Gasteiger partial charge in [-0.25, -0.2) is 4.39 Å². The first-order valence-corrected chi connectivity index (χ1v) is 6.98. The molecule has 0 saturated carbocycles. The first-order chi connectivity index (χ1) is 9.13. The van der Waals surface area contributed by atoms with E-state index in [2.05, 4.69) is 11.8 Å². The molecule has 0 saturated heterocycles. The number of hydrogen-bond acceptors (Lipinski definition) is 3. The highest BCUT2D eigenvalue weighted by atomic mass is 32.2. The van der Waals surface area contributed by atoms with Gasteiger partial charge in [0.2, 0.25) is 10.8 Å². The summed E-state index contributed by atoms with van der Waals surface area (Å²) in [5.41, 5.74) is -1.98.